The van der Waals surface area contributed by atoms with Crippen molar-refractivity contribution < 1.29 is 14.6 Å². The van der Waals surface area contributed by atoms with E-state index in [0.29, 0.717) is 12.2 Å². The van der Waals surface area contributed by atoms with Crippen LogP contribution in [0.15, 0.2) is 30.3 Å². The van der Waals surface area contributed by atoms with Crippen LogP contribution in [-0.4, -0.2) is 43.0 Å². The molecule has 1 aliphatic rings. The summed E-state index contributed by atoms with van der Waals surface area (Å²) >= 11 is 0. The minimum atomic E-state index is -1.06. The third-order valence-corrected chi connectivity index (χ3v) is 5.09. The van der Waals surface area contributed by atoms with Crippen LogP contribution >= 0.6 is 0 Å². The van der Waals surface area contributed by atoms with Crippen LogP contribution in [0.25, 0.3) is 0 Å². The molecule has 1 unspecified atom stereocenters. The number of carbonyl (C=O) groups excluding carboxylic acids is 1. The fraction of sp³-hybridized carbons (Fsp3) is 0.619. The number of rotatable bonds is 6. The molecule has 158 valence electrons. The van der Waals surface area contributed by atoms with E-state index in [0.717, 1.165) is 31.2 Å². The highest BCUT2D eigenvalue weighted by Crippen LogP contribution is 2.30. The van der Waals surface area contributed by atoms with Gasteiger partial charge in [0, 0.05) is 0 Å². The lowest BCUT2D eigenvalue weighted by atomic mass is 9.95. The van der Waals surface area contributed by atoms with Gasteiger partial charge in [-0.2, -0.15) is 0 Å². The number of nitrogens with one attached hydrogen (secondary N) is 1. The molecule has 8 nitrogen and oxygen atoms in total. The Labute approximate surface area is 171 Å². The van der Waals surface area contributed by atoms with Gasteiger partial charge in [0.15, 0.2) is 5.82 Å². The second-order valence-corrected chi connectivity index (χ2v) is 8.66. The average Bonchev–Trinajstić information content (AvgIpc) is 3.17. The van der Waals surface area contributed by atoms with Crippen LogP contribution in [-0.2, 0) is 11.2 Å². The summed E-state index contributed by atoms with van der Waals surface area (Å²) in [5.74, 6) is 0.383. The van der Waals surface area contributed by atoms with Gasteiger partial charge in [-0.3, -0.25) is 0 Å². The van der Waals surface area contributed by atoms with Crippen molar-refractivity contribution in [3.63, 3.8) is 0 Å². The maximum atomic E-state index is 12.4. The van der Waals surface area contributed by atoms with E-state index in [-0.39, 0.29) is 6.04 Å². The lowest BCUT2D eigenvalue weighted by Crippen LogP contribution is -2.44. The van der Waals surface area contributed by atoms with Crippen LogP contribution in [0.1, 0.15) is 76.4 Å². The van der Waals surface area contributed by atoms with E-state index in [1.54, 1.807) is 25.5 Å². The average molecular weight is 402 g/mol. The molecular weight excluding hydrogens is 370 g/mol. The van der Waals surface area contributed by atoms with E-state index in [1.807, 2.05) is 30.3 Å². The number of alkyl carbamates (subject to hydrolysis) is 1. The van der Waals surface area contributed by atoms with Gasteiger partial charge in [0.1, 0.15) is 11.7 Å². The first-order chi connectivity index (χ1) is 13.8. The summed E-state index contributed by atoms with van der Waals surface area (Å²) in [5.41, 5.74) is 0.361. The summed E-state index contributed by atoms with van der Waals surface area (Å²) < 4.78 is 7.14. The number of benzene rings is 1. The molecule has 29 heavy (non-hydrogen) atoms. The van der Waals surface area contributed by atoms with Crippen molar-refractivity contribution in [1.29, 1.82) is 0 Å². The monoisotopic (exact) mass is 401 g/mol. The topological polar surface area (TPSA) is 102 Å². The Kier molecular flexibility index (Phi) is 6.84. The Morgan fingerprint density at radius 3 is 2.59 bits per heavy atom. The highest BCUT2D eigenvalue weighted by molar-refractivity contribution is 5.68. The van der Waals surface area contributed by atoms with Gasteiger partial charge in [0.2, 0.25) is 0 Å². The third kappa shape index (κ3) is 6.00. The Morgan fingerprint density at radius 2 is 1.93 bits per heavy atom. The second kappa shape index (κ2) is 9.35. The fourth-order valence-electron chi connectivity index (χ4n) is 3.73. The molecule has 1 heterocycles. The van der Waals surface area contributed by atoms with E-state index in [4.69, 9.17) is 4.74 Å². The summed E-state index contributed by atoms with van der Waals surface area (Å²) in [6.07, 6.45) is 4.26. The van der Waals surface area contributed by atoms with E-state index in [2.05, 4.69) is 20.8 Å². The van der Waals surface area contributed by atoms with Crippen LogP contribution in [0.4, 0.5) is 4.79 Å². The number of aromatic nitrogens is 4. The molecule has 8 heteroatoms. The second-order valence-electron chi connectivity index (χ2n) is 8.66. The summed E-state index contributed by atoms with van der Waals surface area (Å²) in [6, 6.07) is 9.26. The number of carbonyl (C=O) groups is 1. The summed E-state index contributed by atoms with van der Waals surface area (Å²) in [6.45, 7) is 5.41. The summed E-state index contributed by atoms with van der Waals surface area (Å²) in [7, 11) is 0. The molecule has 0 aliphatic heterocycles. The number of aliphatic hydroxyl groups is 1. The maximum absolute atomic E-state index is 12.4. The minimum absolute atomic E-state index is 0.183. The van der Waals surface area contributed by atoms with Crippen molar-refractivity contribution in [3.8, 4) is 0 Å². The molecule has 1 fully saturated rings. The van der Waals surface area contributed by atoms with Crippen molar-refractivity contribution in [2.24, 2.45) is 0 Å². The Morgan fingerprint density at radius 1 is 1.24 bits per heavy atom. The van der Waals surface area contributed by atoms with Crippen molar-refractivity contribution in [2.75, 3.05) is 0 Å². The molecule has 2 atom stereocenters. The number of tetrazole rings is 1. The van der Waals surface area contributed by atoms with E-state index < -0.39 is 23.8 Å². The van der Waals surface area contributed by atoms with E-state index >= 15 is 0 Å². The number of hydrogen-bond donors (Lipinski definition) is 2. The Balaban J connectivity index is 1.81. The predicted molar refractivity (Wildman–Crippen MR) is 108 cm³/mol. The first kappa shape index (κ1) is 21.2. The fourth-order valence-corrected chi connectivity index (χ4v) is 3.73. The van der Waals surface area contributed by atoms with Crippen molar-refractivity contribution in [2.45, 2.75) is 83.1 Å². The lowest BCUT2D eigenvalue weighted by Gasteiger charge is -2.28. The van der Waals surface area contributed by atoms with Gasteiger partial charge in [-0.1, -0.05) is 49.6 Å². The van der Waals surface area contributed by atoms with Gasteiger partial charge >= 0.3 is 6.09 Å². The molecule has 2 aromatic rings. The highest BCUT2D eigenvalue weighted by Gasteiger charge is 2.31. The molecule has 1 aromatic heterocycles. The van der Waals surface area contributed by atoms with Crippen LogP contribution < -0.4 is 5.32 Å². The minimum Gasteiger partial charge on any atom is -0.444 e. The number of nitrogens with zero attached hydrogens (tertiary/aromatic N) is 4. The van der Waals surface area contributed by atoms with Crippen LogP contribution in [0.2, 0.25) is 0 Å². The molecule has 0 spiro atoms. The van der Waals surface area contributed by atoms with Crippen LogP contribution in [0.3, 0.4) is 0 Å². The van der Waals surface area contributed by atoms with Gasteiger partial charge in [0.25, 0.3) is 0 Å². The smallest absolute Gasteiger partial charge is 0.407 e. The van der Waals surface area contributed by atoms with Gasteiger partial charge < -0.3 is 15.2 Å². The van der Waals surface area contributed by atoms with Gasteiger partial charge in [-0.15, -0.1) is 5.10 Å². The van der Waals surface area contributed by atoms with E-state index in [1.165, 1.54) is 6.42 Å². The first-order valence-electron chi connectivity index (χ1n) is 10.3. The quantitative estimate of drug-likeness (QED) is 0.770. The third-order valence-electron chi connectivity index (χ3n) is 5.09. The predicted octanol–water partition coefficient (Wildman–Crippen LogP) is 3.35. The summed E-state index contributed by atoms with van der Waals surface area (Å²) in [5, 5.41) is 26.0. The van der Waals surface area contributed by atoms with Gasteiger partial charge in [-0.05, 0) is 56.0 Å². The molecular formula is C21H31N5O3. The van der Waals surface area contributed by atoms with E-state index in [9.17, 15) is 9.90 Å². The normalized spacial score (nSPS) is 17.5. The molecule has 1 aliphatic carbocycles. The Hall–Kier alpha value is -2.48. The number of amides is 1. The standard InChI is InChI=1S/C21H31N5O3/c1-21(2,3)29-20(28)22-17(14-15-10-6-4-7-11-15)18(27)19-23-24-25-26(19)16-12-8-5-9-13-16/h4,6-7,10-11,16-18,27H,5,8-9,12-14H2,1-3H3,(H,22,28)/t17-,18?/m0/s1. The SMILES string of the molecule is CC(C)(C)OC(=O)N[C@@H](Cc1ccccc1)C(O)c1nnnn1C1CCCCC1. The largest absolute Gasteiger partial charge is 0.444 e. The molecule has 1 amide bonds. The molecule has 0 bridgehead atoms. The molecule has 0 radical (unpaired) electrons. The highest BCUT2D eigenvalue weighted by atomic mass is 16.6. The van der Waals surface area contributed by atoms with Crippen molar-refractivity contribution >= 4 is 6.09 Å². The zero-order valence-electron chi connectivity index (χ0n) is 17.4. The summed E-state index contributed by atoms with van der Waals surface area (Å²) in [4.78, 5) is 12.4. The lowest BCUT2D eigenvalue weighted by molar-refractivity contribution is 0.0403. The molecule has 1 aromatic carbocycles. The number of hydrogen-bond acceptors (Lipinski definition) is 6. The zero-order chi connectivity index (χ0) is 20.9. The molecule has 3 rings (SSSR count). The zero-order valence-corrected chi connectivity index (χ0v) is 17.4. The van der Waals surface area contributed by atoms with Crippen LogP contribution in [0, 0.1) is 0 Å². The first-order valence-corrected chi connectivity index (χ1v) is 10.3. The van der Waals surface area contributed by atoms with Crippen molar-refractivity contribution in [1.82, 2.24) is 25.5 Å². The molecule has 2 N–H and O–H groups in total. The number of aliphatic hydroxyl groups excluding tert-OH is 1. The Bertz CT molecular complexity index is 781. The molecule has 1 saturated carbocycles. The van der Waals surface area contributed by atoms with Crippen molar-refractivity contribution in [3.05, 3.63) is 41.7 Å². The molecule has 0 saturated heterocycles. The maximum Gasteiger partial charge on any atom is 0.407 e. The number of ether oxygens (including phenoxy) is 1. The van der Waals surface area contributed by atoms with Crippen LogP contribution in [0.5, 0.6) is 0 Å². The van der Waals surface area contributed by atoms with Gasteiger partial charge in [0.05, 0.1) is 12.1 Å². The van der Waals surface area contributed by atoms with Gasteiger partial charge in [-0.25, -0.2) is 9.48 Å².